The minimum absolute atomic E-state index is 0. The third kappa shape index (κ3) is 9.65. The summed E-state index contributed by atoms with van der Waals surface area (Å²) in [5.41, 5.74) is 9.21. The number of likely N-dealkylation sites (tertiary alicyclic amines) is 1. The van der Waals surface area contributed by atoms with E-state index < -0.39 is 5.82 Å². The maximum atomic E-state index is 13.5. The number of benzene rings is 4. The van der Waals surface area contributed by atoms with Crippen molar-refractivity contribution in [3.63, 3.8) is 0 Å². The minimum Gasteiger partial charge on any atom is -0.368 e. The number of ketones is 2. The normalized spacial score (nSPS) is 17.6. The zero-order chi connectivity index (χ0) is 40.0. The average Bonchev–Trinajstić information content (AvgIpc) is 3.20. The molecule has 0 aromatic heterocycles. The van der Waals surface area contributed by atoms with Crippen LogP contribution in [0.2, 0.25) is 0 Å². The summed E-state index contributed by atoms with van der Waals surface area (Å²) in [6.07, 6.45) is 4.08. The maximum Gasteiger partial charge on any atom is 0.317 e. The first-order valence-electron chi connectivity index (χ1n) is 18.9. The van der Waals surface area contributed by atoms with Crippen LogP contribution < -0.4 is 26.2 Å². The van der Waals surface area contributed by atoms with Crippen LogP contribution >= 0.6 is 0 Å². The van der Waals surface area contributed by atoms with Gasteiger partial charge in [-0.25, -0.2) is 22.4 Å². The van der Waals surface area contributed by atoms with Gasteiger partial charge in [-0.05, 0) is 111 Å². The average molecular weight is 789 g/mol. The van der Waals surface area contributed by atoms with E-state index in [2.05, 4.69) is 20.4 Å². The summed E-state index contributed by atoms with van der Waals surface area (Å²) in [6, 6.07) is 20.9. The summed E-state index contributed by atoms with van der Waals surface area (Å²) < 4.78 is 52.0. The molecule has 13 heteroatoms. The number of nitrogens with one attached hydrogen (secondary N) is 2. The van der Waals surface area contributed by atoms with E-state index in [-0.39, 0.29) is 53.6 Å². The van der Waals surface area contributed by atoms with Gasteiger partial charge < -0.3 is 31.1 Å². The molecule has 4 N–H and O–H groups in total. The zero-order valence-corrected chi connectivity index (χ0v) is 31.7. The number of rotatable bonds is 3. The van der Waals surface area contributed by atoms with Crippen LogP contribution in [0.1, 0.15) is 77.8 Å². The molecule has 2 amide bonds. The SMILES string of the molecule is C.CN1c2ccc(F)cc2C(=O)CC12CCN(C(=O)NCc1ccc(F)cc1)CC2.CN1c2ccc(F)cc2C(=O)CC12CCNCC2.NCc1ccc(F)cc1. The standard InChI is InChI=1S/C22H23F2N3O2.C14H17FN2O.C7H8FN.CH4/c1-26-19-7-6-17(24)12-18(19)20(28)13-22(26)8-10-27(11-9-22)21(29)25-14-15-2-4-16(23)5-3-15;1-17-12-3-2-10(15)8-11(12)13(18)9-14(17)4-6-16-7-5-14;8-7-3-1-6(5-9)2-4-7;/h2-7,12H,8-11,13-14H2,1H3,(H,25,29);2-3,8,16H,4-7,9H2,1H3;1-4H,5,9H2;1H4. The van der Waals surface area contributed by atoms with Gasteiger partial charge in [-0.1, -0.05) is 31.7 Å². The van der Waals surface area contributed by atoms with E-state index in [4.69, 9.17) is 5.73 Å². The molecule has 9 nitrogen and oxygen atoms in total. The molecule has 0 saturated carbocycles. The molecule has 4 aromatic rings. The second kappa shape index (κ2) is 18.3. The van der Waals surface area contributed by atoms with Crippen LogP contribution in [0.25, 0.3) is 0 Å². The van der Waals surface area contributed by atoms with Crippen molar-refractivity contribution in [2.45, 2.75) is 70.1 Å². The van der Waals surface area contributed by atoms with Crippen LogP contribution in [-0.2, 0) is 13.1 Å². The van der Waals surface area contributed by atoms with Gasteiger partial charge in [0.1, 0.15) is 23.3 Å². The molecule has 2 fully saturated rings. The number of halogens is 4. The molecule has 2 spiro atoms. The molecule has 4 heterocycles. The molecule has 0 radical (unpaired) electrons. The van der Waals surface area contributed by atoms with Crippen molar-refractivity contribution in [3.05, 3.63) is 130 Å². The summed E-state index contributed by atoms with van der Waals surface area (Å²) in [5.74, 6) is -1.24. The fraction of sp³-hybridized carbons (Fsp3) is 0.386. The molecule has 0 aliphatic carbocycles. The highest BCUT2D eigenvalue weighted by atomic mass is 19.1. The van der Waals surface area contributed by atoms with Crippen molar-refractivity contribution in [1.29, 1.82) is 0 Å². The first-order valence-corrected chi connectivity index (χ1v) is 18.9. The number of hydrogen-bond acceptors (Lipinski definition) is 7. The Morgan fingerprint density at radius 1 is 0.667 bits per heavy atom. The molecule has 2 saturated heterocycles. The van der Waals surface area contributed by atoms with E-state index in [0.29, 0.717) is 63.0 Å². The third-order valence-corrected chi connectivity index (χ3v) is 11.7. The second-order valence-corrected chi connectivity index (χ2v) is 14.9. The van der Waals surface area contributed by atoms with Crippen molar-refractivity contribution < 1.29 is 31.9 Å². The number of Topliss-reactive ketones (excluding diaryl/α,β-unsaturated/α-hetero) is 2. The van der Waals surface area contributed by atoms with Crippen LogP contribution in [0.5, 0.6) is 0 Å². The lowest BCUT2D eigenvalue weighted by Gasteiger charge is -2.50. The van der Waals surface area contributed by atoms with Gasteiger partial charge in [-0.15, -0.1) is 0 Å². The molecule has 0 atom stereocenters. The van der Waals surface area contributed by atoms with E-state index in [0.717, 1.165) is 48.4 Å². The molecule has 0 unspecified atom stereocenters. The Bertz CT molecular complexity index is 2030. The zero-order valence-electron chi connectivity index (χ0n) is 31.7. The topological polar surface area (TPSA) is 111 Å². The summed E-state index contributed by atoms with van der Waals surface area (Å²) >= 11 is 0. The van der Waals surface area contributed by atoms with Gasteiger partial charge >= 0.3 is 6.03 Å². The van der Waals surface area contributed by atoms with Crippen molar-refractivity contribution in [2.24, 2.45) is 5.73 Å². The minimum atomic E-state index is -0.408. The number of carbonyl (C=O) groups excluding carboxylic acids is 3. The second-order valence-electron chi connectivity index (χ2n) is 14.9. The van der Waals surface area contributed by atoms with Gasteiger partial charge in [0, 0.05) is 81.2 Å². The van der Waals surface area contributed by atoms with Crippen molar-refractivity contribution in [2.75, 3.05) is 50.1 Å². The van der Waals surface area contributed by atoms with Crippen LogP contribution in [0.4, 0.5) is 33.7 Å². The number of carbonyl (C=O) groups is 3. The number of hydrogen-bond donors (Lipinski definition) is 3. The van der Waals surface area contributed by atoms with Crippen LogP contribution in [-0.4, -0.2) is 73.8 Å². The fourth-order valence-electron chi connectivity index (χ4n) is 8.14. The number of amides is 2. The Hall–Kier alpha value is -5.27. The molecule has 0 bridgehead atoms. The number of nitrogens with two attached hydrogens (primary N) is 1. The molecule has 304 valence electrons. The highest BCUT2D eigenvalue weighted by molar-refractivity contribution is 6.05. The van der Waals surface area contributed by atoms with Crippen LogP contribution in [0.15, 0.2) is 84.9 Å². The Morgan fingerprint density at radius 2 is 1.09 bits per heavy atom. The lowest BCUT2D eigenvalue weighted by molar-refractivity contribution is 0.0887. The van der Waals surface area contributed by atoms with Crippen molar-refractivity contribution in [3.8, 4) is 0 Å². The van der Waals surface area contributed by atoms with Crippen molar-refractivity contribution >= 4 is 29.0 Å². The monoisotopic (exact) mass is 788 g/mol. The molecular formula is C44H52F4N6O3. The molecule has 8 rings (SSSR count). The van der Waals surface area contributed by atoms with E-state index in [1.165, 1.54) is 48.5 Å². The predicted octanol–water partition coefficient (Wildman–Crippen LogP) is 7.62. The molecule has 57 heavy (non-hydrogen) atoms. The summed E-state index contributed by atoms with van der Waals surface area (Å²) in [4.78, 5) is 43.4. The van der Waals surface area contributed by atoms with E-state index >= 15 is 0 Å². The first kappa shape index (κ1) is 42.9. The number of fused-ring (bicyclic) bond motifs is 2. The van der Waals surface area contributed by atoms with Gasteiger partial charge in [0.05, 0.1) is 5.54 Å². The molecule has 4 aromatic carbocycles. The quantitative estimate of drug-likeness (QED) is 0.183. The molecule has 4 aliphatic heterocycles. The Labute approximate surface area is 332 Å². The Morgan fingerprint density at radius 3 is 1.54 bits per heavy atom. The van der Waals surface area contributed by atoms with E-state index in [1.54, 1.807) is 41.3 Å². The summed E-state index contributed by atoms with van der Waals surface area (Å²) in [5, 5.41) is 6.19. The number of urea groups is 1. The lowest BCUT2D eigenvalue weighted by Crippen LogP contribution is -2.59. The largest absolute Gasteiger partial charge is 0.368 e. The number of anilines is 2. The lowest BCUT2D eigenvalue weighted by atomic mass is 9.77. The summed E-state index contributed by atoms with van der Waals surface area (Å²) in [6.45, 7) is 3.74. The van der Waals surface area contributed by atoms with Crippen LogP contribution in [0, 0.1) is 23.3 Å². The molecular weight excluding hydrogens is 737 g/mol. The van der Waals surface area contributed by atoms with Gasteiger partial charge in [0.2, 0.25) is 0 Å². The highest BCUT2D eigenvalue weighted by Crippen LogP contribution is 2.43. The maximum absolute atomic E-state index is 13.5. The fourth-order valence-corrected chi connectivity index (χ4v) is 8.14. The Balaban J connectivity index is 0.000000187. The first-order chi connectivity index (χ1) is 26.8. The van der Waals surface area contributed by atoms with E-state index in [9.17, 15) is 31.9 Å². The number of piperidine rings is 2. The third-order valence-electron chi connectivity index (χ3n) is 11.7. The Kier molecular flexibility index (Phi) is 13.8. The van der Waals surface area contributed by atoms with Gasteiger partial charge in [-0.2, -0.15) is 0 Å². The van der Waals surface area contributed by atoms with E-state index in [1.807, 2.05) is 14.1 Å². The number of nitrogens with zero attached hydrogens (tertiary/aromatic N) is 3. The summed E-state index contributed by atoms with van der Waals surface area (Å²) in [7, 11) is 3.96. The smallest absolute Gasteiger partial charge is 0.317 e. The highest BCUT2D eigenvalue weighted by Gasteiger charge is 2.45. The molecule has 4 aliphatic rings. The predicted molar refractivity (Wildman–Crippen MR) is 216 cm³/mol. The van der Waals surface area contributed by atoms with Crippen LogP contribution in [0.3, 0.4) is 0 Å². The van der Waals surface area contributed by atoms with Crippen molar-refractivity contribution in [1.82, 2.24) is 15.5 Å². The van der Waals surface area contributed by atoms with Gasteiger partial charge in [0.15, 0.2) is 11.6 Å². The van der Waals surface area contributed by atoms with Gasteiger partial charge in [0.25, 0.3) is 0 Å². The van der Waals surface area contributed by atoms with Gasteiger partial charge in [-0.3, -0.25) is 9.59 Å².